The minimum atomic E-state index is -0.329. The first-order valence-corrected chi connectivity index (χ1v) is 10.1. The van der Waals surface area contributed by atoms with Gasteiger partial charge in [0.1, 0.15) is 11.3 Å². The van der Waals surface area contributed by atoms with Crippen LogP contribution in [0.5, 0.6) is 0 Å². The van der Waals surface area contributed by atoms with E-state index in [4.69, 9.17) is 4.98 Å². The summed E-state index contributed by atoms with van der Waals surface area (Å²) < 4.78 is 16.1. The molecule has 0 radical (unpaired) electrons. The monoisotopic (exact) mass is 404 g/mol. The third-order valence-electron chi connectivity index (χ3n) is 4.77. The number of para-hydroxylation sites is 1. The van der Waals surface area contributed by atoms with Gasteiger partial charge in [0.15, 0.2) is 5.65 Å². The number of fused-ring (bicyclic) bond motifs is 1. The summed E-state index contributed by atoms with van der Waals surface area (Å²) in [5.41, 5.74) is 3.92. The van der Waals surface area contributed by atoms with Gasteiger partial charge in [-0.05, 0) is 42.2 Å². The van der Waals surface area contributed by atoms with E-state index in [1.165, 1.54) is 11.6 Å². The minimum absolute atomic E-state index is 0.329. The number of halogens is 1. The predicted octanol–water partition coefficient (Wildman–Crippen LogP) is 5.67. The zero-order valence-corrected chi connectivity index (χ0v) is 17.4. The van der Waals surface area contributed by atoms with E-state index in [0.717, 1.165) is 12.1 Å². The number of imidazole rings is 1. The molecule has 0 bridgehead atoms. The van der Waals surface area contributed by atoms with E-state index in [1.54, 1.807) is 24.4 Å². The molecule has 154 valence electrons. The lowest BCUT2D eigenvalue weighted by molar-refractivity contribution is 0.534. The highest BCUT2D eigenvalue weighted by atomic mass is 19.1. The Morgan fingerprint density at radius 3 is 2.47 bits per heavy atom. The summed E-state index contributed by atoms with van der Waals surface area (Å²) in [5.74, 6) is 1.07. The quantitative estimate of drug-likeness (QED) is 0.415. The van der Waals surface area contributed by atoms with Gasteiger partial charge in [-0.3, -0.25) is 4.57 Å². The molecule has 0 amide bonds. The molecule has 4 aromatic rings. The second-order valence-electron chi connectivity index (χ2n) is 7.62. The number of nitrogens with one attached hydrogen (secondary N) is 2. The molecule has 0 aliphatic rings. The molecule has 0 atom stereocenters. The molecule has 2 aromatic carbocycles. The van der Waals surface area contributed by atoms with Crippen LogP contribution in [-0.4, -0.2) is 19.5 Å². The Labute approximate surface area is 175 Å². The van der Waals surface area contributed by atoms with Crippen LogP contribution in [0.15, 0.2) is 54.7 Å². The molecule has 6 nitrogen and oxygen atoms in total. The smallest absolute Gasteiger partial charge is 0.229 e. The molecular weight excluding hydrogens is 379 g/mol. The molecule has 0 saturated heterocycles. The summed E-state index contributed by atoms with van der Waals surface area (Å²) in [6.45, 7) is 7.06. The molecule has 4 rings (SSSR count). The fraction of sp³-hybridized carbons (Fsp3) is 0.261. The van der Waals surface area contributed by atoms with Gasteiger partial charge in [0.2, 0.25) is 11.9 Å². The number of rotatable bonds is 7. The van der Waals surface area contributed by atoms with E-state index in [1.807, 2.05) is 16.7 Å². The molecule has 0 fully saturated rings. The number of aromatic nitrogens is 4. The third-order valence-corrected chi connectivity index (χ3v) is 4.77. The summed E-state index contributed by atoms with van der Waals surface area (Å²) in [4.78, 5) is 13.7. The van der Waals surface area contributed by atoms with Crippen molar-refractivity contribution in [1.82, 2.24) is 19.5 Å². The van der Waals surface area contributed by atoms with Gasteiger partial charge in [-0.25, -0.2) is 14.4 Å². The lowest BCUT2D eigenvalue weighted by Crippen LogP contribution is -2.10. The van der Waals surface area contributed by atoms with Crippen molar-refractivity contribution in [2.75, 3.05) is 10.6 Å². The van der Waals surface area contributed by atoms with Crippen molar-refractivity contribution in [2.24, 2.45) is 5.92 Å². The normalized spacial score (nSPS) is 11.2. The van der Waals surface area contributed by atoms with Crippen molar-refractivity contribution in [3.05, 3.63) is 66.1 Å². The Morgan fingerprint density at radius 1 is 1.00 bits per heavy atom. The van der Waals surface area contributed by atoms with Crippen LogP contribution in [0.3, 0.4) is 0 Å². The van der Waals surface area contributed by atoms with Crippen LogP contribution < -0.4 is 10.6 Å². The second kappa shape index (κ2) is 8.49. The van der Waals surface area contributed by atoms with Crippen molar-refractivity contribution >= 4 is 34.4 Å². The number of aryl methyl sites for hydroxylation is 1. The maximum absolute atomic E-state index is 14.1. The highest BCUT2D eigenvalue weighted by molar-refractivity contribution is 5.77. The zero-order chi connectivity index (χ0) is 21.1. The SMILES string of the molecule is CCc1ccc(Nc2ncc3nc(Nc4ccccc4F)n(CC(C)C)c3n2)cc1. The van der Waals surface area contributed by atoms with Gasteiger partial charge in [-0.1, -0.05) is 45.0 Å². The van der Waals surface area contributed by atoms with Gasteiger partial charge in [-0.2, -0.15) is 4.98 Å². The highest BCUT2D eigenvalue weighted by Crippen LogP contribution is 2.25. The average Bonchev–Trinajstić information content (AvgIpc) is 3.06. The van der Waals surface area contributed by atoms with Crippen molar-refractivity contribution in [2.45, 2.75) is 33.7 Å². The van der Waals surface area contributed by atoms with E-state index < -0.39 is 0 Å². The molecule has 2 heterocycles. The van der Waals surface area contributed by atoms with E-state index >= 15 is 0 Å². The summed E-state index contributed by atoms with van der Waals surface area (Å²) in [7, 11) is 0. The minimum Gasteiger partial charge on any atom is -0.324 e. The fourth-order valence-corrected chi connectivity index (χ4v) is 3.25. The summed E-state index contributed by atoms with van der Waals surface area (Å²) >= 11 is 0. The molecule has 7 heteroatoms. The number of hydrogen-bond acceptors (Lipinski definition) is 5. The van der Waals surface area contributed by atoms with Crippen LogP contribution in [0.4, 0.5) is 27.7 Å². The van der Waals surface area contributed by atoms with Crippen LogP contribution in [0, 0.1) is 11.7 Å². The Morgan fingerprint density at radius 2 is 1.77 bits per heavy atom. The van der Waals surface area contributed by atoms with E-state index in [2.05, 4.69) is 53.5 Å². The van der Waals surface area contributed by atoms with E-state index in [-0.39, 0.29) is 5.82 Å². The van der Waals surface area contributed by atoms with Gasteiger partial charge in [0.05, 0.1) is 11.9 Å². The summed E-state index contributed by atoms with van der Waals surface area (Å²) in [6.07, 6.45) is 2.68. The van der Waals surface area contributed by atoms with Gasteiger partial charge < -0.3 is 10.6 Å². The lowest BCUT2D eigenvalue weighted by Gasteiger charge is -2.13. The Bertz CT molecular complexity index is 1150. The van der Waals surface area contributed by atoms with Crippen molar-refractivity contribution in [3.63, 3.8) is 0 Å². The van der Waals surface area contributed by atoms with Crippen molar-refractivity contribution in [1.29, 1.82) is 0 Å². The number of anilines is 4. The molecule has 2 aromatic heterocycles. The van der Waals surface area contributed by atoms with Crippen LogP contribution in [0.1, 0.15) is 26.3 Å². The van der Waals surface area contributed by atoms with E-state index in [9.17, 15) is 4.39 Å². The van der Waals surface area contributed by atoms with Crippen molar-refractivity contribution < 1.29 is 4.39 Å². The first kappa shape index (κ1) is 19.8. The summed E-state index contributed by atoms with van der Waals surface area (Å²) in [6, 6.07) is 14.8. The largest absolute Gasteiger partial charge is 0.324 e. The molecule has 30 heavy (non-hydrogen) atoms. The molecule has 0 spiro atoms. The number of nitrogens with zero attached hydrogens (tertiary/aromatic N) is 4. The molecule has 0 aliphatic heterocycles. The van der Waals surface area contributed by atoms with Gasteiger partial charge in [0.25, 0.3) is 0 Å². The standard InChI is InChI=1S/C23H25FN6/c1-4-16-9-11-17(12-10-16)26-22-25-13-20-21(29-22)30(14-15(2)3)23(28-20)27-19-8-6-5-7-18(19)24/h5-13,15H,4,14H2,1-3H3,(H,27,28)(H,25,26,29). The first-order chi connectivity index (χ1) is 14.5. The molecule has 0 unspecified atom stereocenters. The lowest BCUT2D eigenvalue weighted by atomic mass is 10.1. The topological polar surface area (TPSA) is 67.7 Å². The first-order valence-electron chi connectivity index (χ1n) is 10.1. The maximum atomic E-state index is 14.1. The average molecular weight is 404 g/mol. The van der Waals surface area contributed by atoms with Crippen molar-refractivity contribution in [3.8, 4) is 0 Å². The Kier molecular flexibility index (Phi) is 5.61. The van der Waals surface area contributed by atoms with Crippen LogP contribution in [-0.2, 0) is 13.0 Å². The highest BCUT2D eigenvalue weighted by Gasteiger charge is 2.16. The maximum Gasteiger partial charge on any atom is 0.229 e. The molecular formula is C23H25FN6. The Hall–Kier alpha value is -3.48. The van der Waals surface area contributed by atoms with Gasteiger partial charge >= 0.3 is 0 Å². The molecule has 0 aliphatic carbocycles. The second-order valence-corrected chi connectivity index (χ2v) is 7.62. The fourth-order valence-electron chi connectivity index (χ4n) is 3.25. The number of hydrogen-bond donors (Lipinski definition) is 2. The van der Waals surface area contributed by atoms with Crippen LogP contribution in [0.25, 0.3) is 11.2 Å². The molecule has 2 N–H and O–H groups in total. The third kappa shape index (κ3) is 4.25. The number of benzene rings is 2. The summed E-state index contributed by atoms with van der Waals surface area (Å²) in [5, 5.41) is 6.36. The van der Waals surface area contributed by atoms with Crippen LogP contribution >= 0.6 is 0 Å². The van der Waals surface area contributed by atoms with Crippen LogP contribution in [0.2, 0.25) is 0 Å². The van der Waals surface area contributed by atoms with Gasteiger partial charge in [0, 0.05) is 12.2 Å². The zero-order valence-electron chi connectivity index (χ0n) is 17.4. The Balaban J connectivity index is 1.69. The molecule has 0 saturated carbocycles. The van der Waals surface area contributed by atoms with Gasteiger partial charge in [-0.15, -0.1) is 0 Å². The van der Waals surface area contributed by atoms with E-state index in [0.29, 0.717) is 41.2 Å². The predicted molar refractivity (Wildman–Crippen MR) is 119 cm³/mol.